The summed E-state index contributed by atoms with van der Waals surface area (Å²) in [6.45, 7) is 2.68. The van der Waals surface area contributed by atoms with Gasteiger partial charge in [0.15, 0.2) is 0 Å². The van der Waals surface area contributed by atoms with Crippen molar-refractivity contribution in [3.05, 3.63) is 35.4 Å². The molecule has 18 heavy (non-hydrogen) atoms. The molecule has 0 atom stereocenters. The van der Waals surface area contributed by atoms with Crippen LogP contribution in [0.2, 0.25) is 0 Å². The fraction of sp³-hybridized carbons (Fsp3) is 0.385. The third-order valence-electron chi connectivity index (χ3n) is 2.95. The molecule has 0 spiro atoms. The molecule has 0 saturated carbocycles. The summed E-state index contributed by atoms with van der Waals surface area (Å²) >= 11 is 0. The number of carbonyl (C=O) groups excluding carboxylic acids is 1. The van der Waals surface area contributed by atoms with E-state index in [1.54, 1.807) is 24.3 Å². The molecule has 5 heteroatoms. The summed E-state index contributed by atoms with van der Waals surface area (Å²) in [5, 5.41) is 11.6. The van der Waals surface area contributed by atoms with Crippen LogP contribution < -0.4 is 5.32 Å². The summed E-state index contributed by atoms with van der Waals surface area (Å²) in [5.74, 6) is -0.870. The van der Waals surface area contributed by atoms with Crippen molar-refractivity contribution >= 4 is 11.9 Å². The van der Waals surface area contributed by atoms with Gasteiger partial charge in [0.1, 0.15) is 0 Å². The number of carboxylic acid groups (broad SMARTS) is 1. The Hall–Kier alpha value is -1.88. The van der Waals surface area contributed by atoms with Crippen LogP contribution in [0.1, 0.15) is 22.3 Å². The first-order valence-electron chi connectivity index (χ1n) is 5.96. The first-order chi connectivity index (χ1) is 8.65. The van der Waals surface area contributed by atoms with Crippen molar-refractivity contribution in [1.29, 1.82) is 0 Å². The van der Waals surface area contributed by atoms with Crippen molar-refractivity contribution in [2.24, 2.45) is 0 Å². The summed E-state index contributed by atoms with van der Waals surface area (Å²) in [6, 6.07) is 6.78. The molecule has 2 rings (SSSR count). The van der Waals surface area contributed by atoms with Gasteiger partial charge in [0, 0.05) is 19.6 Å². The topological polar surface area (TPSA) is 69.6 Å². The molecule has 0 aliphatic carbocycles. The highest BCUT2D eigenvalue weighted by Crippen LogP contribution is 2.09. The van der Waals surface area contributed by atoms with E-state index in [0.29, 0.717) is 13.1 Å². The Kier molecular flexibility index (Phi) is 3.94. The van der Waals surface area contributed by atoms with Crippen molar-refractivity contribution < 1.29 is 14.7 Å². The lowest BCUT2D eigenvalue weighted by Crippen LogP contribution is -2.32. The van der Waals surface area contributed by atoms with E-state index in [9.17, 15) is 9.59 Å². The molecule has 96 valence electrons. The van der Waals surface area contributed by atoms with E-state index >= 15 is 0 Å². The maximum atomic E-state index is 11.4. The van der Waals surface area contributed by atoms with Gasteiger partial charge in [-0.25, -0.2) is 4.79 Å². The van der Waals surface area contributed by atoms with Crippen molar-refractivity contribution in [2.75, 3.05) is 19.6 Å². The molecule has 1 heterocycles. The third-order valence-corrected chi connectivity index (χ3v) is 2.95. The summed E-state index contributed by atoms with van der Waals surface area (Å²) < 4.78 is 0. The second-order valence-corrected chi connectivity index (χ2v) is 4.42. The predicted octanol–water partition coefficient (Wildman–Crippen LogP) is 0.707. The van der Waals surface area contributed by atoms with E-state index in [1.165, 1.54) is 0 Å². The number of nitrogens with one attached hydrogen (secondary N) is 1. The predicted molar refractivity (Wildman–Crippen MR) is 66.3 cm³/mol. The lowest BCUT2D eigenvalue weighted by atomic mass is 10.1. The van der Waals surface area contributed by atoms with Crippen molar-refractivity contribution in [3.63, 3.8) is 0 Å². The molecule has 1 aromatic carbocycles. The summed E-state index contributed by atoms with van der Waals surface area (Å²) in [6.07, 6.45) is 0.943. The summed E-state index contributed by atoms with van der Waals surface area (Å²) in [4.78, 5) is 24.2. The molecule has 1 aliphatic heterocycles. The minimum absolute atomic E-state index is 0.0506. The Bertz CT molecular complexity index is 442. The lowest BCUT2D eigenvalue weighted by molar-refractivity contribution is -0.121. The van der Waals surface area contributed by atoms with Crippen molar-refractivity contribution in [2.45, 2.75) is 13.0 Å². The van der Waals surface area contributed by atoms with Crippen LogP contribution in [0.4, 0.5) is 0 Å². The highest BCUT2D eigenvalue weighted by molar-refractivity contribution is 5.87. The molecule has 1 saturated heterocycles. The average molecular weight is 248 g/mol. The standard InChI is InChI=1S/C13H16N2O3/c16-12-9-15(7-1-6-14-12)8-10-2-4-11(5-3-10)13(17)18/h2-5H,1,6-9H2,(H,14,16)(H,17,18). The van der Waals surface area contributed by atoms with Crippen LogP contribution >= 0.6 is 0 Å². The quantitative estimate of drug-likeness (QED) is 0.826. The molecule has 5 nitrogen and oxygen atoms in total. The molecule has 0 aromatic heterocycles. The van der Waals surface area contributed by atoms with E-state index < -0.39 is 5.97 Å². The number of amides is 1. The van der Waals surface area contributed by atoms with Crippen molar-refractivity contribution in [3.8, 4) is 0 Å². The second-order valence-electron chi connectivity index (χ2n) is 4.42. The van der Waals surface area contributed by atoms with Crippen LogP contribution in [0, 0.1) is 0 Å². The fourth-order valence-corrected chi connectivity index (χ4v) is 2.01. The van der Waals surface area contributed by atoms with Gasteiger partial charge in [-0.2, -0.15) is 0 Å². The van der Waals surface area contributed by atoms with Gasteiger partial charge in [-0.05, 0) is 24.1 Å². The van der Waals surface area contributed by atoms with Gasteiger partial charge in [0.2, 0.25) is 5.91 Å². The largest absolute Gasteiger partial charge is 0.478 e. The number of aromatic carboxylic acids is 1. The van der Waals surface area contributed by atoms with Gasteiger partial charge >= 0.3 is 5.97 Å². The van der Waals surface area contributed by atoms with E-state index in [-0.39, 0.29) is 11.5 Å². The monoisotopic (exact) mass is 248 g/mol. The summed E-state index contributed by atoms with van der Waals surface area (Å²) in [7, 11) is 0. The number of benzene rings is 1. The normalized spacial score (nSPS) is 17.0. The Morgan fingerprint density at radius 2 is 2.06 bits per heavy atom. The Morgan fingerprint density at radius 1 is 1.33 bits per heavy atom. The van der Waals surface area contributed by atoms with Crippen LogP contribution in [0.3, 0.4) is 0 Å². The molecular weight excluding hydrogens is 232 g/mol. The van der Waals surface area contributed by atoms with Crippen LogP contribution in [0.5, 0.6) is 0 Å². The van der Waals surface area contributed by atoms with Crippen LogP contribution in [-0.2, 0) is 11.3 Å². The fourth-order valence-electron chi connectivity index (χ4n) is 2.01. The molecule has 1 aliphatic rings. The van der Waals surface area contributed by atoms with Crippen molar-refractivity contribution in [1.82, 2.24) is 10.2 Å². The smallest absolute Gasteiger partial charge is 0.335 e. The third kappa shape index (κ3) is 3.30. The summed E-state index contributed by atoms with van der Waals surface area (Å²) in [5.41, 5.74) is 1.31. The minimum Gasteiger partial charge on any atom is -0.478 e. The lowest BCUT2D eigenvalue weighted by Gasteiger charge is -2.18. The number of carbonyl (C=O) groups is 2. The minimum atomic E-state index is -0.921. The Morgan fingerprint density at radius 3 is 2.72 bits per heavy atom. The molecular formula is C13H16N2O3. The Labute approximate surface area is 105 Å². The van der Waals surface area contributed by atoms with Crippen LogP contribution in [-0.4, -0.2) is 41.5 Å². The van der Waals surface area contributed by atoms with Crippen LogP contribution in [0.15, 0.2) is 24.3 Å². The number of rotatable bonds is 3. The average Bonchev–Trinajstić information content (AvgIpc) is 2.54. The molecule has 1 amide bonds. The SMILES string of the molecule is O=C1CN(Cc2ccc(C(=O)O)cc2)CCCN1. The van der Waals surface area contributed by atoms with Gasteiger partial charge in [-0.1, -0.05) is 12.1 Å². The number of hydrogen-bond donors (Lipinski definition) is 2. The van der Waals surface area contributed by atoms with E-state index in [4.69, 9.17) is 5.11 Å². The molecule has 0 radical (unpaired) electrons. The second kappa shape index (κ2) is 5.64. The highest BCUT2D eigenvalue weighted by atomic mass is 16.4. The van der Waals surface area contributed by atoms with Gasteiger partial charge in [0.25, 0.3) is 0 Å². The molecule has 0 unspecified atom stereocenters. The zero-order chi connectivity index (χ0) is 13.0. The maximum Gasteiger partial charge on any atom is 0.335 e. The zero-order valence-electron chi connectivity index (χ0n) is 10.1. The first-order valence-corrected chi connectivity index (χ1v) is 5.96. The first kappa shape index (κ1) is 12.6. The van der Waals surface area contributed by atoms with E-state index in [2.05, 4.69) is 10.2 Å². The number of nitrogens with zero attached hydrogens (tertiary/aromatic N) is 1. The van der Waals surface area contributed by atoms with E-state index in [0.717, 1.165) is 25.1 Å². The van der Waals surface area contributed by atoms with Crippen LogP contribution in [0.25, 0.3) is 0 Å². The number of hydrogen-bond acceptors (Lipinski definition) is 3. The van der Waals surface area contributed by atoms with Gasteiger partial charge in [-0.15, -0.1) is 0 Å². The van der Waals surface area contributed by atoms with Gasteiger partial charge in [-0.3, -0.25) is 9.69 Å². The molecule has 0 bridgehead atoms. The maximum absolute atomic E-state index is 11.4. The molecule has 2 N–H and O–H groups in total. The van der Waals surface area contributed by atoms with E-state index in [1.807, 2.05) is 0 Å². The molecule has 1 aromatic rings. The number of carboxylic acids is 1. The Balaban J connectivity index is 1.99. The van der Waals surface area contributed by atoms with Gasteiger partial charge in [0.05, 0.1) is 12.1 Å². The molecule has 1 fully saturated rings. The zero-order valence-corrected chi connectivity index (χ0v) is 10.1. The highest BCUT2D eigenvalue weighted by Gasteiger charge is 2.14. The van der Waals surface area contributed by atoms with Gasteiger partial charge < -0.3 is 10.4 Å².